The summed E-state index contributed by atoms with van der Waals surface area (Å²) in [5.41, 5.74) is 1.44. The fraction of sp³-hybridized carbons (Fsp3) is 0.0556. The summed E-state index contributed by atoms with van der Waals surface area (Å²) in [5, 5.41) is 0. The molecule has 0 bridgehead atoms. The van der Waals surface area contributed by atoms with Crippen LogP contribution in [0, 0.1) is 18.6 Å². The van der Waals surface area contributed by atoms with E-state index in [0.29, 0.717) is 16.8 Å². The van der Waals surface area contributed by atoms with Crippen molar-refractivity contribution in [2.24, 2.45) is 0 Å². The lowest BCUT2D eigenvalue weighted by Crippen LogP contribution is -2.14. The summed E-state index contributed by atoms with van der Waals surface area (Å²) in [6, 6.07) is 13.8. The number of aryl methyl sites for hydroxylation is 1. The highest BCUT2D eigenvalue weighted by Gasteiger charge is 2.16. The molecule has 0 saturated carbocycles. The molecule has 0 spiro atoms. The standard InChI is InChI=1S/C18H14F2N2O2S/c1-12-15(16-4-2-3-5-17(16)20)10-11-18(21-12)22-25(23,24)14-8-6-13(19)7-9-14/h2-11H,1H3,(H,21,22). The van der Waals surface area contributed by atoms with Gasteiger partial charge in [-0.1, -0.05) is 18.2 Å². The van der Waals surface area contributed by atoms with Gasteiger partial charge in [-0.2, -0.15) is 0 Å². The number of nitrogens with zero attached hydrogens (tertiary/aromatic N) is 1. The third kappa shape index (κ3) is 3.66. The molecule has 25 heavy (non-hydrogen) atoms. The Balaban J connectivity index is 1.91. The van der Waals surface area contributed by atoms with Crippen LogP contribution in [0.3, 0.4) is 0 Å². The predicted molar refractivity (Wildman–Crippen MR) is 91.6 cm³/mol. The number of nitrogens with one attached hydrogen (secondary N) is 1. The quantitative estimate of drug-likeness (QED) is 0.761. The molecular weight excluding hydrogens is 346 g/mol. The molecule has 3 rings (SSSR count). The van der Waals surface area contributed by atoms with Crippen molar-refractivity contribution in [1.29, 1.82) is 0 Å². The monoisotopic (exact) mass is 360 g/mol. The Kier molecular flexibility index (Phi) is 4.50. The van der Waals surface area contributed by atoms with E-state index in [4.69, 9.17) is 0 Å². The molecule has 0 fully saturated rings. The fourth-order valence-corrected chi connectivity index (χ4v) is 3.39. The van der Waals surface area contributed by atoms with Gasteiger partial charge in [0.15, 0.2) is 0 Å². The Morgan fingerprint density at radius 2 is 1.56 bits per heavy atom. The molecule has 1 aromatic heterocycles. The minimum atomic E-state index is -3.89. The topological polar surface area (TPSA) is 59.1 Å². The molecule has 1 heterocycles. The summed E-state index contributed by atoms with van der Waals surface area (Å²) in [6.07, 6.45) is 0. The van der Waals surface area contributed by atoms with Gasteiger partial charge >= 0.3 is 0 Å². The van der Waals surface area contributed by atoms with E-state index in [9.17, 15) is 17.2 Å². The molecule has 0 aliphatic rings. The van der Waals surface area contributed by atoms with Crippen LogP contribution in [0.1, 0.15) is 5.69 Å². The van der Waals surface area contributed by atoms with Gasteiger partial charge in [-0.05, 0) is 49.4 Å². The van der Waals surface area contributed by atoms with E-state index in [2.05, 4.69) is 9.71 Å². The van der Waals surface area contributed by atoms with Crippen LogP contribution in [0.25, 0.3) is 11.1 Å². The molecule has 2 aromatic carbocycles. The van der Waals surface area contributed by atoms with Gasteiger partial charge in [-0.25, -0.2) is 22.2 Å². The Labute approximate surface area is 144 Å². The molecule has 0 unspecified atom stereocenters. The maximum Gasteiger partial charge on any atom is 0.263 e. The van der Waals surface area contributed by atoms with Crippen LogP contribution in [-0.4, -0.2) is 13.4 Å². The molecule has 0 saturated heterocycles. The first-order chi connectivity index (χ1) is 11.9. The molecule has 1 N–H and O–H groups in total. The van der Waals surface area contributed by atoms with E-state index in [1.54, 1.807) is 31.2 Å². The van der Waals surface area contributed by atoms with Crippen molar-refractivity contribution in [3.8, 4) is 11.1 Å². The normalized spacial score (nSPS) is 11.3. The van der Waals surface area contributed by atoms with Gasteiger partial charge in [0, 0.05) is 16.8 Å². The average Bonchev–Trinajstić information content (AvgIpc) is 2.56. The maximum absolute atomic E-state index is 13.9. The minimum absolute atomic E-state index is 0.0773. The van der Waals surface area contributed by atoms with E-state index in [1.807, 2.05) is 0 Å². The van der Waals surface area contributed by atoms with Crippen molar-refractivity contribution in [2.75, 3.05) is 4.72 Å². The van der Waals surface area contributed by atoms with Gasteiger partial charge < -0.3 is 0 Å². The van der Waals surface area contributed by atoms with Crippen LogP contribution in [0.4, 0.5) is 14.6 Å². The number of pyridine rings is 1. The molecular formula is C18H14F2N2O2S. The number of sulfonamides is 1. The second-order valence-corrected chi connectivity index (χ2v) is 7.05. The zero-order chi connectivity index (χ0) is 18.0. The van der Waals surface area contributed by atoms with Gasteiger partial charge in [0.05, 0.1) is 4.90 Å². The van der Waals surface area contributed by atoms with Gasteiger partial charge in [-0.15, -0.1) is 0 Å². The van der Waals surface area contributed by atoms with Gasteiger partial charge in [0.1, 0.15) is 17.5 Å². The average molecular weight is 360 g/mol. The van der Waals surface area contributed by atoms with Crippen LogP contribution in [0.15, 0.2) is 65.6 Å². The number of aromatic nitrogens is 1. The van der Waals surface area contributed by atoms with E-state index in [-0.39, 0.29) is 16.5 Å². The molecule has 0 radical (unpaired) electrons. The third-order valence-corrected chi connectivity index (χ3v) is 4.98. The van der Waals surface area contributed by atoms with Crippen LogP contribution in [0.2, 0.25) is 0 Å². The zero-order valence-electron chi connectivity index (χ0n) is 13.2. The number of rotatable bonds is 4. The van der Waals surface area contributed by atoms with Gasteiger partial charge in [0.25, 0.3) is 10.0 Å². The van der Waals surface area contributed by atoms with Crippen molar-refractivity contribution in [3.05, 3.63) is 78.0 Å². The maximum atomic E-state index is 13.9. The number of hydrogen-bond donors (Lipinski definition) is 1. The summed E-state index contributed by atoms with van der Waals surface area (Å²) in [6.45, 7) is 1.66. The predicted octanol–water partition coefficient (Wildman–Crippen LogP) is 4.14. The van der Waals surface area contributed by atoms with Gasteiger partial charge in [0.2, 0.25) is 0 Å². The number of benzene rings is 2. The Morgan fingerprint density at radius 1 is 0.880 bits per heavy atom. The first-order valence-electron chi connectivity index (χ1n) is 7.38. The van der Waals surface area contributed by atoms with Crippen LogP contribution in [-0.2, 0) is 10.0 Å². The molecule has 0 aliphatic carbocycles. The highest BCUT2D eigenvalue weighted by molar-refractivity contribution is 7.92. The second kappa shape index (κ2) is 6.60. The first kappa shape index (κ1) is 17.0. The summed E-state index contributed by atoms with van der Waals surface area (Å²) in [4.78, 5) is 4.11. The third-order valence-electron chi connectivity index (χ3n) is 3.61. The number of halogens is 2. The lowest BCUT2D eigenvalue weighted by molar-refractivity contribution is 0.599. The first-order valence-corrected chi connectivity index (χ1v) is 8.86. The van der Waals surface area contributed by atoms with Crippen LogP contribution in [0.5, 0.6) is 0 Å². The lowest BCUT2D eigenvalue weighted by atomic mass is 10.0. The Morgan fingerprint density at radius 3 is 2.20 bits per heavy atom. The molecule has 128 valence electrons. The number of anilines is 1. The van der Waals surface area contributed by atoms with E-state index < -0.39 is 15.8 Å². The lowest BCUT2D eigenvalue weighted by Gasteiger charge is -2.11. The van der Waals surface area contributed by atoms with Gasteiger partial charge in [-0.3, -0.25) is 4.72 Å². The molecule has 0 amide bonds. The summed E-state index contributed by atoms with van der Waals surface area (Å²) >= 11 is 0. The zero-order valence-corrected chi connectivity index (χ0v) is 14.0. The van der Waals surface area contributed by atoms with Crippen molar-refractivity contribution in [2.45, 2.75) is 11.8 Å². The van der Waals surface area contributed by atoms with E-state index in [1.165, 1.54) is 12.1 Å². The van der Waals surface area contributed by atoms with Crippen LogP contribution >= 0.6 is 0 Å². The van der Waals surface area contributed by atoms with Crippen molar-refractivity contribution in [1.82, 2.24) is 4.98 Å². The highest BCUT2D eigenvalue weighted by atomic mass is 32.2. The van der Waals surface area contributed by atoms with E-state index in [0.717, 1.165) is 24.3 Å². The molecule has 4 nitrogen and oxygen atoms in total. The summed E-state index contributed by atoms with van der Waals surface area (Å²) in [7, 11) is -3.89. The highest BCUT2D eigenvalue weighted by Crippen LogP contribution is 2.26. The summed E-state index contributed by atoms with van der Waals surface area (Å²) in [5.74, 6) is -0.809. The van der Waals surface area contributed by atoms with E-state index >= 15 is 0 Å². The smallest absolute Gasteiger partial charge is 0.263 e. The largest absolute Gasteiger partial charge is 0.263 e. The molecule has 7 heteroatoms. The SMILES string of the molecule is Cc1nc(NS(=O)(=O)c2ccc(F)cc2)ccc1-c1ccccc1F. The van der Waals surface area contributed by atoms with Crippen LogP contribution < -0.4 is 4.72 Å². The minimum Gasteiger partial charge on any atom is -0.263 e. The fourth-order valence-electron chi connectivity index (χ4n) is 2.39. The second-order valence-electron chi connectivity index (χ2n) is 5.37. The van der Waals surface area contributed by atoms with Crippen molar-refractivity contribution >= 4 is 15.8 Å². The number of hydrogen-bond acceptors (Lipinski definition) is 3. The molecule has 0 atom stereocenters. The van der Waals surface area contributed by atoms with Crippen molar-refractivity contribution < 1.29 is 17.2 Å². The molecule has 3 aromatic rings. The Bertz CT molecular complexity index is 1020. The Hall–Kier alpha value is -2.80. The molecule has 0 aliphatic heterocycles. The summed E-state index contributed by atoms with van der Waals surface area (Å²) < 4.78 is 53.8. The van der Waals surface area contributed by atoms with Crippen molar-refractivity contribution in [3.63, 3.8) is 0 Å².